The summed E-state index contributed by atoms with van der Waals surface area (Å²) in [5.41, 5.74) is 3.58. The molecule has 5 rings (SSSR count). The standard InChI is InChI=1S/C20H21FN6S.ClH/c1-12-11-27-18(23-12)4-3-16(25-27)13-9-15(21)19-17(10-13)28-20(24-19)26(2)14-5-7-22-8-6-14;/h3-4,9-11,14,22H,5-8H2,1-2H3;1H. The normalized spacial score (nSPS) is 15.0. The van der Waals surface area contributed by atoms with E-state index in [2.05, 4.69) is 32.3 Å². The monoisotopic (exact) mass is 432 g/mol. The molecular weight excluding hydrogens is 411 g/mol. The molecule has 29 heavy (non-hydrogen) atoms. The summed E-state index contributed by atoms with van der Waals surface area (Å²) in [7, 11) is 2.06. The molecule has 0 spiro atoms. The highest BCUT2D eigenvalue weighted by Crippen LogP contribution is 2.34. The first-order valence-corrected chi connectivity index (χ1v) is 10.3. The van der Waals surface area contributed by atoms with Gasteiger partial charge in [0.1, 0.15) is 5.52 Å². The van der Waals surface area contributed by atoms with Gasteiger partial charge in [0, 0.05) is 18.7 Å². The number of rotatable bonds is 3. The van der Waals surface area contributed by atoms with Crippen molar-refractivity contribution < 1.29 is 4.39 Å². The van der Waals surface area contributed by atoms with Gasteiger partial charge in [-0.25, -0.2) is 18.9 Å². The van der Waals surface area contributed by atoms with Crippen molar-refractivity contribution in [3.8, 4) is 11.3 Å². The topological polar surface area (TPSA) is 58.4 Å². The molecule has 0 radical (unpaired) electrons. The van der Waals surface area contributed by atoms with Crippen LogP contribution in [0.5, 0.6) is 0 Å². The molecular formula is C20H22ClFN6S. The first-order valence-electron chi connectivity index (χ1n) is 9.45. The van der Waals surface area contributed by atoms with E-state index in [9.17, 15) is 4.39 Å². The maximum absolute atomic E-state index is 14.8. The van der Waals surface area contributed by atoms with Crippen LogP contribution in [0.3, 0.4) is 0 Å². The molecule has 152 valence electrons. The summed E-state index contributed by atoms with van der Waals surface area (Å²) in [6.07, 6.45) is 4.02. The molecule has 6 nitrogen and oxygen atoms in total. The van der Waals surface area contributed by atoms with E-state index in [1.54, 1.807) is 4.52 Å². The van der Waals surface area contributed by atoms with E-state index < -0.39 is 0 Å². The summed E-state index contributed by atoms with van der Waals surface area (Å²) in [4.78, 5) is 11.2. The highest BCUT2D eigenvalue weighted by atomic mass is 35.5. The first kappa shape index (κ1) is 20.0. The average molecular weight is 433 g/mol. The third kappa shape index (κ3) is 3.68. The second kappa shape index (κ2) is 7.85. The molecule has 3 aromatic heterocycles. The highest BCUT2D eigenvalue weighted by molar-refractivity contribution is 7.22. The van der Waals surface area contributed by atoms with Gasteiger partial charge in [-0.2, -0.15) is 5.10 Å². The summed E-state index contributed by atoms with van der Waals surface area (Å²) < 4.78 is 17.4. The second-order valence-corrected chi connectivity index (χ2v) is 8.31. The number of halogens is 2. The number of benzene rings is 1. The van der Waals surface area contributed by atoms with Crippen molar-refractivity contribution in [2.45, 2.75) is 25.8 Å². The number of imidazole rings is 1. The Morgan fingerprint density at radius 2 is 2.00 bits per heavy atom. The Hall–Kier alpha value is -2.29. The number of aromatic nitrogens is 4. The van der Waals surface area contributed by atoms with Gasteiger partial charge in [0.05, 0.1) is 22.3 Å². The van der Waals surface area contributed by atoms with E-state index in [4.69, 9.17) is 0 Å². The van der Waals surface area contributed by atoms with Crippen molar-refractivity contribution in [3.63, 3.8) is 0 Å². The smallest absolute Gasteiger partial charge is 0.186 e. The van der Waals surface area contributed by atoms with Gasteiger partial charge in [0.25, 0.3) is 0 Å². The number of nitrogens with one attached hydrogen (secondary N) is 1. The van der Waals surface area contributed by atoms with Crippen molar-refractivity contribution >= 4 is 44.7 Å². The van der Waals surface area contributed by atoms with Crippen molar-refractivity contribution in [1.29, 1.82) is 0 Å². The van der Waals surface area contributed by atoms with E-state index in [0.29, 0.717) is 17.3 Å². The average Bonchev–Trinajstić information content (AvgIpc) is 3.30. The third-order valence-corrected chi connectivity index (χ3v) is 6.42. The molecule has 0 saturated carbocycles. The van der Waals surface area contributed by atoms with Gasteiger partial charge in [-0.3, -0.25) is 0 Å². The molecule has 4 heterocycles. The lowest BCUT2D eigenvalue weighted by Gasteiger charge is -2.31. The number of nitrogens with zero attached hydrogens (tertiary/aromatic N) is 5. The van der Waals surface area contributed by atoms with Crippen molar-refractivity contribution in [2.24, 2.45) is 0 Å². The van der Waals surface area contributed by atoms with Crippen LogP contribution in [0.15, 0.2) is 30.5 Å². The molecule has 1 aromatic carbocycles. The number of thiazole rings is 1. The van der Waals surface area contributed by atoms with E-state index in [1.807, 2.05) is 31.3 Å². The highest BCUT2D eigenvalue weighted by Gasteiger charge is 2.22. The summed E-state index contributed by atoms with van der Waals surface area (Å²) in [6, 6.07) is 7.73. The molecule has 1 aliphatic rings. The Morgan fingerprint density at radius 3 is 2.79 bits per heavy atom. The Bertz CT molecular complexity index is 1170. The van der Waals surface area contributed by atoms with Gasteiger partial charge >= 0.3 is 0 Å². The summed E-state index contributed by atoms with van der Waals surface area (Å²) in [5.74, 6) is -0.308. The Kier molecular flexibility index (Phi) is 5.42. The van der Waals surface area contributed by atoms with Crippen LogP contribution in [0.2, 0.25) is 0 Å². The largest absolute Gasteiger partial charge is 0.348 e. The molecule has 4 aromatic rings. The number of hydrogen-bond acceptors (Lipinski definition) is 6. The van der Waals surface area contributed by atoms with Crippen molar-refractivity contribution in [2.75, 3.05) is 25.0 Å². The van der Waals surface area contributed by atoms with E-state index in [0.717, 1.165) is 52.7 Å². The Balaban J connectivity index is 0.00000205. The summed E-state index contributed by atoms with van der Waals surface area (Å²) in [6.45, 7) is 3.96. The molecule has 0 aliphatic carbocycles. The number of fused-ring (bicyclic) bond motifs is 2. The van der Waals surface area contributed by atoms with Crippen molar-refractivity contribution in [1.82, 2.24) is 24.9 Å². The molecule has 1 saturated heterocycles. The minimum atomic E-state index is -0.308. The maximum atomic E-state index is 14.8. The number of aryl methyl sites for hydroxylation is 1. The van der Waals surface area contributed by atoms with Crippen LogP contribution in [-0.4, -0.2) is 45.8 Å². The molecule has 0 atom stereocenters. The quantitative estimate of drug-likeness (QED) is 0.529. The molecule has 0 amide bonds. The van der Waals surface area contributed by atoms with Gasteiger partial charge in [0.2, 0.25) is 0 Å². The Morgan fingerprint density at radius 1 is 1.21 bits per heavy atom. The maximum Gasteiger partial charge on any atom is 0.186 e. The van der Waals surface area contributed by atoms with Gasteiger partial charge in [-0.05, 0) is 57.1 Å². The fourth-order valence-corrected chi connectivity index (χ4v) is 4.83. The second-order valence-electron chi connectivity index (χ2n) is 7.30. The van der Waals surface area contributed by atoms with E-state index >= 15 is 0 Å². The Labute approximate surface area is 178 Å². The van der Waals surface area contributed by atoms with E-state index in [-0.39, 0.29) is 18.2 Å². The van der Waals surface area contributed by atoms with Crippen LogP contribution >= 0.6 is 23.7 Å². The molecule has 1 aliphatic heterocycles. The molecule has 0 bridgehead atoms. The predicted molar refractivity (Wildman–Crippen MR) is 118 cm³/mol. The van der Waals surface area contributed by atoms with Gasteiger partial charge in [-0.1, -0.05) is 11.3 Å². The van der Waals surface area contributed by atoms with Crippen LogP contribution in [-0.2, 0) is 0 Å². The molecule has 1 fully saturated rings. The first-order chi connectivity index (χ1) is 13.6. The SMILES string of the molecule is Cc1cn2nc(-c3cc(F)c4nc(N(C)C5CCNCC5)sc4c3)ccc2n1.Cl. The van der Waals surface area contributed by atoms with Gasteiger partial charge in [0.15, 0.2) is 16.6 Å². The van der Waals surface area contributed by atoms with Crippen molar-refractivity contribution in [3.05, 3.63) is 42.0 Å². The van der Waals surface area contributed by atoms with Crippen LogP contribution < -0.4 is 10.2 Å². The fourth-order valence-electron chi connectivity index (χ4n) is 3.78. The molecule has 9 heteroatoms. The predicted octanol–water partition coefficient (Wildman–Crippen LogP) is 4.06. The minimum Gasteiger partial charge on any atom is -0.348 e. The van der Waals surface area contributed by atoms with Gasteiger partial charge < -0.3 is 10.2 Å². The summed E-state index contributed by atoms with van der Waals surface area (Å²) >= 11 is 1.54. The van der Waals surface area contributed by atoms with Crippen LogP contribution in [0, 0.1) is 12.7 Å². The van der Waals surface area contributed by atoms with Crippen LogP contribution in [0.1, 0.15) is 18.5 Å². The lowest BCUT2D eigenvalue weighted by molar-refractivity contribution is 0.443. The van der Waals surface area contributed by atoms with Gasteiger partial charge in [-0.15, -0.1) is 12.4 Å². The van der Waals surface area contributed by atoms with E-state index in [1.165, 1.54) is 17.4 Å². The lowest BCUT2D eigenvalue weighted by Crippen LogP contribution is -2.41. The fraction of sp³-hybridized carbons (Fsp3) is 0.350. The minimum absolute atomic E-state index is 0. The third-order valence-electron chi connectivity index (χ3n) is 5.33. The van der Waals surface area contributed by atoms with Crippen LogP contribution in [0.25, 0.3) is 27.1 Å². The zero-order valence-electron chi connectivity index (χ0n) is 16.2. The summed E-state index contributed by atoms with van der Waals surface area (Å²) in [5, 5.41) is 8.83. The number of piperidine rings is 1. The number of anilines is 1. The van der Waals surface area contributed by atoms with Crippen LogP contribution in [0.4, 0.5) is 9.52 Å². The zero-order chi connectivity index (χ0) is 19.3. The molecule has 0 unspecified atom stereocenters. The number of hydrogen-bond donors (Lipinski definition) is 1. The molecule has 1 N–H and O–H groups in total. The lowest BCUT2D eigenvalue weighted by atomic mass is 10.1. The zero-order valence-corrected chi connectivity index (χ0v) is 17.9.